The number of hydrogen-bond acceptors (Lipinski definition) is 3. The molecule has 0 aromatic heterocycles. The fourth-order valence-electron chi connectivity index (χ4n) is 3.24. The predicted octanol–water partition coefficient (Wildman–Crippen LogP) is 2.66. The van der Waals surface area contributed by atoms with E-state index in [0.29, 0.717) is 23.4 Å². The molecule has 5 heteroatoms. The van der Waals surface area contributed by atoms with Crippen molar-refractivity contribution in [1.82, 2.24) is 5.32 Å². The van der Waals surface area contributed by atoms with Crippen LogP contribution in [0.3, 0.4) is 0 Å². The zero-order chi connectivity index (χ0) is 15.7. The molecule has 0 spiro atoms. The summed E-state index contributed by atoms with van der Waals surface area (Å²) >= 11 is 5.96. The normalized spacial score (nSPS) is 31.8. The molecule has 22 heavy (non-hydrogen) atoms. The third kappa shape index (κ3) is 3.45. The summed E-state index contributed by atoms with van der Waals surface area (Å²) in [4.78, 5) is 12.5. The van der Waals surface area contributed by atoms with E-state index in [1.165, 1.54) is 0 Å². The van der Waals surface area contributed by atoms with Crippen molar-refractivity contribution in [3.8, 4) is 0 Å². The van der Waals surface area contributed by atoms with E-state index < -0.39 is 0 Å². The number of hydrogen-bond donors (Lipinski definition) is 2. The van der Waals surface area contributed by atoms with Gasteiger partial charge < -0.3 is 15.8 Å². The smallest absolute Gasteiger partial charge is 0.249 e. The molecule has 3 N–H and O–H groups in total. The minimum absolute atomic E-state index is 0.0181. The highest BCUT2D eigenvalue weighted by atomic mass is 35.5. The second kappa shape index (κ2) is 6.57. The molecule has 1 heterocycles. The van der Waals surface area contributed by atoms with E-state index in [9.17, 15) is 4.79 Å². The van der Waals surface area contributed by atoms with Gasteiger partial charge in [0.15, 0.2) is 0 Å². The van der Waals surface area contributed by atoms with Crippen LogP contribution in [0.15, 0.2) is 24.3 Å². The highest BCUT2D eigenvalue weighted by Crippen LogP contribution is 2.47. The highest BCUT2D eigenvalue weighted by Gasteiger charge is 2.42. The zero-order valence-corrected chi connectivity index (χ0v) is 13.6. The van der Waals surface area contributed by atoms with Gasteiger partial charge in [-0.05, 0) is 48.8 Å². The van der Waals surface area contributed by atoms with Crippen LogP contribution in [0.5, 0.6) is 0 Å². The van der Waals surface area contributed by atoms with Gasteiger partial charge in [-0.15, -0.1) is 0 Å². The quantitative estimate of drug-likeness (QED) is 0.876. The fraction of sp³-hybridized carbons (Fsp3) is 0.588. The van der Waals surface area contributed by atoms with Crippen LogP contribution in [-0.2, 0) is 9.53 Å². The summed E-state index contributed by atoms with van der Waals surface area (Å²) < 4.78 is 5.70. The lowest BCUT2D eigenvalue weighted by molar-refractivity contribution is -0.132. The van der Waals surface area contributed by atoms with Crippen molar-refractivity contribution in [2.24, 2.45) is 17.6 Å². The molecular weight excluding hydrogens is 300 g/mol. The molecule has 2 fully saturated rings. The van der Waals surface area contributed by atoms with E-state index in [0.717, 1.165) is 24.8 Å². The van der Waals surface area contributed by atoms with Gasteiger partial charge in [0.1, 0.15) is 6.10 Å². The van der Waals surface area contributed by atoms with Crippen LogP contribution in [0, 0.1) is 11.8 Å². The Morgan fingerprint density at radius 3 is 2.64 bits per heavy atom. The number of benzene rings is 1. The van der Waals surface area contributed by atoms with Gasteiger partial charge >= 0.3 is 0 Å². The minimum Gasteiger partial charge on any atom is -0.364 e. The van der Waals surface area contributed by atoms with Gasteiger partial charge in [-0.25, -0.2) is 0 Å². The number of ether oxygens (including phenoxy) is 1. The Morgan fingerprint density at radius 1 is 1.41 bits per heavy atom. The molecule has 1 amide bonds. The van der Waals surface area contributed by atoms with Crippen molar-refractivity contribution in [3.05, 3.63) is 34.9 Å². The largest absolute Gasteiger partial charge is 0.364 e. The van der Waals surface area contributed by atoms with E-state index in [-0.39, 0.29) is 24.2 Å². The first kappa shape index (κ1) is 15.8. The summed E-state index contributed by atoms with van der Waals surface area (Å²) in [5.74, 6) is 1.12. The summed E-state index contributed by atoms with van der Waals surface area (Å²) in [6.07, 6.45) is 2.41. The lowest BCUT2D eigenvalue weighted by Gasteiger charge is -2.22. The molecule has 1 aromatic rings. The number of carbonyl (C=O) groups is 1. The number of amides is 1. The maximum atomic E-state index is 12.5. The second-order valence-corrected chi connectivity index (χ2v) is 6.91. The van der Waals surface area contributed by atoms with Crippen LogP contribution in [0.4, 0.5) is 0 Å². The molecular formula is C17H23ClN2O2. The van der Waals surface area contributed by atoms with Gasteiger partial charge in [-0.3, -0.25) is 4.79 Å². The summed E-state index contributed by atoms with van der Waals surface area (Å²) in [6.45, 7) is 2.69. The number of nitrogens with one attached hydrogen (secondary N) is 1. The lowest BCUT2D eigenvalue weighted by atomic mass is 10.0. The maximum absolute atomic E-state index is 12.5. The minimum atomic E-state index is -0.364. The van der Waals surface area contributed by atoms with Crippen molar-refractivity contribution in [2.45, 2.75) is 44.4 Å². The Morgan fingerprint density at radius 2 is 2.09 bits per heavy atom. The molecule has 3 unspecified atom stereocenters. The number of carbonyl (C=O) groups excluding carboxylic acids is 1. The molecule has 0 bridgehead atoms. The topological polar surface area (TPSA) is 64.4 Å². The Bertz CT molecular complexity index is 534. The van der Waals surface area contributed by atoms with Crippen LogP contribution in [0.1, 0.15) is 37.8 Å². The molecule has 1 aliphatic carbocycles. The summed E-state index contributed by atoms with van der Waals surface area (Å²) in [5, 5.41) is 3.89. The predicted molar refractivity (Wildman–Crippen MR) is 86.6 cm³/mol. The van der Waals surface area contributed by atoms with E-state index in [2.05, 4.69) is 12.2 Å². The van der Waals surface area contributed by atoms with Crippen LogP contribution in [-0.4, -0.2) is 24.7 Å². The molecule has 5 atom stereocenters. The van der Waals surface area contributed by atoms with Crippen LogP contribution < -0.4 is 11.1 Å². The molecule has 0 radical (unpaired) electrons. The molecule has 1 saturated carbocycles. The van der Waals surface area contributed by atoms with E-state index in [1.807, 2.05) is 24.3 Å². The molecule has 3 rings (SSSR count). The highest BCUT2D eigenvalue weighted by molar-refractivity contribution is 6.30. The van der Waals surface area contributed by atoms with Gasteiger partial charge in [-0.2, -0.15) is 0 Å². The third-order valence-electron chi connectivity index (χ3n) is 4.79. The molecule has 1 aliphatic heterocycles. The second-order valence-electron chi connectivity index (χ2n) is 6.47. The van der Waals surface area contributed by atoms with Crippen molar-refractivity contribution in [2.75, 3.05) is 6.54 Å². The van der Waals surface area contributed by atoms with Crippen LogP contribution in [0.2, 0.25) is 5.02 Å². The van der Waals surface area contributed by atoms with E-state index >= 15 is 0 Å². The van der Waals surface area contributed by atoms with Crippen molar-refractivity contribution >= 4 is 17.5 Å². The van der Waals surface area contributed by atoms with Gasteiger partial charge in [0.2, 0.25) is 5.91 Å². The SMILES string of the molecule is CC1CC1C(NC(=O)[C@@H]1CC[C@H](CN)O1)c1ccc(Cl)cc1. The first-order valence-electron chi connectivity index (χ1n) is 8.00. The molecule has 2 aliphatic rings. The van der Waals surface area contributed by atoms with Crippen molar-refractivity contribution in [1.29, 1.82) is 0 Å². The molecule has 120 valence electrons. The van der Waals surface area contributed by atoms with Crippen molar-refractivity contribution < 1.29 is 9.53 Å². The standard InChI is InChI=1S/C17H23ClN2O2/c1-10-8-14(10)16(11-2-4-12(18)5-3-11)20-17(21)15-7-6-13(9-19)22-15/h2-5,10,13-16H,6-9,19H2,1H3,(H,20,21)/t10?,13-,14?,15+,16?/m1/s1. The average Bonchev–Trinajstić information content (AvgIpc) is 3.04. The first-order chi connectivity index (χ1) is 10.6. The molecule has 1 aromatic carbocycles. The monoisotopic (exact) mass is 322 g/mol. The first-order valence-corrected chi connectivity index (χ1v) is 8.37. The van der Waals surface area contributed by atoms with Gasteiger partial charge in [0, 0.05) is 11.6 Å². The van der Waals surface area contributed by atoms with Crippen LogP contribution >= 0.6 is 11.6 Å². The maximum Gasteiger partial charge on any atom is 0.249 e. The van der Waals surface area contributed by atoms with Gasteiger partial charge in [-0.1, -0.05) is 30.7 Å². The van der Waals surface area contributed by atoms with E-state index in [4.69, 9.17) is 22.1 Å². The Hall–Kier alpha value is -1.10. The third-order valence-corrected chi connectivity index (χ3v) is 5.04. The Balaban J connectivity index is 1.68. The fourth-order valence-corrected chi connectivity index (χ4v) is 3.37. The number of rotatable bonds is 5. The lowest BCUT2D eigenvalue weighted by Crippen LogP contribution is -2.38. The summed E-state index contributed by atoms with van der Waals surface area (Å²) in [6, 6.07) is 7.78. The zero-order valence-electron chi connectivity index (χ0n) is 12.8. The molecule has 4 nitrogen and oxygen atoms in total. The molecule has 1 saturated heterocycles. The number of nitrogens with two attached hydrogens (primary N) is 1. The Kier molecular flexibility index (Phi) is 4.71. The Labute approximate surface area is 136 Å². The average molecular weight is 323 g/mol. The summed E-state index contributed by atoms with van der Waals surface area (Å²) in [5.41, 5.74) is 6.72. The van der Waals surface area contributed by atoms with Crippen LogP contribution in [0.25, 0.3) is 0 Å². The van der Waals surface area contributed by atoms with E-state index in [1.54, 1.807) is 0 Å². The van der Waals surface area contributed by atoms with Gasteiger partial charge in [0.25, 0.3) is 0 Å². The van der Waals surface area contributed by atoms with Crippen molar-refractivity contribution in [3.63, 3.8) is 0 Å². The summed E-state index contributed by atoms with van der Waals surface area (Å²) in [7, 11) is 0. The number of halogens is 1. The van der Waals surface area contributed by atoms with Gasteiger partial charge in [0.05, 0.1) is 12.1 Å².